The van der Waals surface area contributed by atoms with Crippen molar-refractivity contribution in [2.24, 2.45) is 0 Å². The smallest absolute Gasteiger partial charge is 0.283 e. The molecule has 0 saturated heterocycles. The molecule has 3 aromatic carbocycles. The maximum atomic E-state index is 12.9. The highest BCUT2D eigenvalue weighted by Gasteiger charge is 2.39. The van der Waals surface area contributed by atoms with Gasteiger partial charge in [0.1, 0.15) is 10.7 Å². The number of halogens is 2. The molecule has 1 aliphatic heterocycles. The highest BCUT2D eigenvalue weighted by Crippen LogP contribution is 2.31. The molecule has 32 heavy (non-hydrogen) atoms. The van der Waals surface area contributed by atoms with Gasteiger partial charge in [-0.05, 0) is 61.0 Å². The Morgan fingerprint density at radius 1 is 0.844 bits per heavy atom. The third-order valence-electron chi connectivity index (χ3n) is 4.88. The van der Waals surface area contributed by atoms with Crippen LogP contribution in [0.2, 0.25) is 5.02 Å². The van der Waals surface area contributed by atoms with Gasteiger partial charge < -0.3 is 10.6 Å². The number of rotatable bonds is 5. The van der Waals surface area contributed by atoms with Gasteiger partial charge >= 0.3 is 0 Å². The molecule has 160 valence electrons. The number of amides is 3. The summed E-state index contributed by atoms with van der Waals surface area (Å²) in [6.07, 6.45) is 0. The van der Waals surface area contributed by atoms with Crippen LogP contribution in [0.25, 0.3) is 0 Å². The van der Waals surface area contributed by atoms with E-state index in [2.05, 4.69) is 10.6 Å². The first-order valence-corrected chi connectivity index (χ1v) is 10.4. The monoisotopic (exact) mass is 465 g/mol. The SMILES string of the molecule is Cc1ccccc1N1C(=O)C(Cl)=C(Nc2ccc(C(=O)Nc3cccc(Cl)c3)cc2)C1=O. The summed E-state index contributed by atoms with van der Waals surface area (Å²) >= 11 is 12.1. The highest BCUT2D eigenvalue weighted by atomic mass is 35.5. The Balaban J connectivity index is 1.49. The quantitative estimate of drug-likeness (QED) is 0.498. The number of hydrogen-bond donors (Lipinski definition) is 2. The number of nitrogens with zero attached hydrogens (tertiary/aromatic N) is 1. The van der Waals surface area contributed by atoms with E-state index in [-0.39, 0.29) is 16.6 Å². The van der Waals surface area contributed by atoms with Crippen molar-refractivity contribution in [3.05, 3.63) is 99.7 Å². The third-order valence-corrected chi connectivity index (χ3v) is 5.47. The molecule has 3 amide bonds. The average molecular weight is 466 g/mol. The second-order valence-corrected chi connectivity index (χ2v) is 7.90. The van der Waals surface area contributed by atoms with E-state index in [0.29, 0.717) is 27.6 Å². The van der Waals surface area contributed by atoms with Crippen molar-refractivity contribution in [1.29, 1.82) is 0 Å². The average Bonchev–Trinajstić information content (AvgIpc) is 2.98. The zero-order chi connectivity index (χ0) is 22.8. The molecule has 0 fully saturated rings. The van der Waals surface area contributed by atoms with Crippen LogP contribution in [0, 0.1) is 6.92 Å². The zero-order valence-corrected chi connectivity index (χ0v) is 18.4. The summed E-state index contributed by atoms with van der Waals surface area (Å²) < 4.78 is 0. The van der Waals surface area contributed by atoms with Crippen LogP contribution in [0.15, 0.2) is 83.5 Å². The van der Waals surface area contributed by atoms with Crippen LogP contribution in [0.3, 0.4) is 0 Å². The predicted molar refractivity (Wildman–Crippen MR) is 126 cm³/mol. The highest BCUT2D eigenvalue weighted by molar-refractivity contribution is 6.53. The van der Waals surface area contributed by atoms with E-state index >= 15 is 0 Å². The molecule has 0 atom stereocenters. The molecule has 0 spiro atoms. The third kappa shape index (κ3) is 4.23. The van der Waals surface area contributed by atoms with Crippen LogP contribution in [-0.4, -0.2) is 17.7 Å². The second kappa shape index (κ2) is 8.86. The molecule has 3 aromatic rings. The van der Waals surface area contributed by atoms with Gasteiger partial charge in [0.15, 0.2) is 0 Å². The van der Waals surface area contributed by atoms with Gasteiger partial charge in [-0.1, -0.05) is 47.5 Å². The fourth-order valence-electron chi connectivity index (χ4n) is 3.26. The van der Waals surface area contributed by atoms with E-state index in [1.165, 1.54) is 0 Å². The molecular weight excluding hydrogens is 449 g/mol. The summed E-state index contributed by atoms with van der Waals surface area (Å²) in [6.45, 7) is 1.81. The second-order valence-electron chi connectivity index (χ2n) is 7.09. The number of benzene rings is 3. The topological polar surface area (TPSA) is 78.5 Å². The Kier molecular flexibility index (Phi) is 5.99. The molecular formula is C24H17Cl2N3O3. The van der Waals surface area contributed by atoms with Gasteiger partial charge in [0.05, 0.1) is 5.69 Å². The molecule has 0 radical (unpaired) electrons. The van der Waals surface area contributed by atoms with E-state index in [9.17, 15) is 14.4 Å². The summed E-state index contributed by atoms with van der Waals surface area (Å²) in [6, 6.07) is 20.3. The Labute approximate surface area is 194 Å². The van der Waals surface area contributed by atoms with Crippen LogP contribution in [-0.2, 0) is 9.59 Å². The Bertz CT molecular complexity index is 1270. The van der Waals surface area contributed by atoms with Crippen molar-refractivity contribution in [2.45, 2.75) is 6.92 Å². The number of imide groups is 1. The van der Waals surface area contributed by atoms with E-state index in [4.69, 9.17) is 23.2 Å². The first kappa shape index (κ1) is 21.6. The molecule has 1 aliphatic rings. The predicted octanol–water partition coefficient (Wildman–Crippen LogP) is 5.34. The minimum absolute atomic E-state index is 0.0175. The lowest BCUT2D eigenvalue weighted by atomic mass is 10.1. The first-order valence-electron chi connectivity index (χ1n) is 9.63. The van der Waals surface area contributed by atoms with Gasteiger partial charge in [-0.3, -0.25) is 14.4 Å². The number of carbonyl (C=O) groups excluding carboxylic acids is 3. The van der Waals surface area contributed by atoms with E-state index in [1.807, 2.05) is 19.1 Å². The summed E-state index contributed by atoms with van der Waals surface area (Å²) in [4.78, 5) is 39.0. The van der Waals surface area contributed by atoms with Crippen LogP contribution in [0.1, 0.15) is 15.9 Å². The summed E-state index contributed by atoms with van der Waals surface area (Å²) in [5.41, 5.74) is 2.72. The number of hydrogen-bond acceptors (Lipinski definition) is 4. The molecule has 1 heterocycles. The molecule has 0 bridgehead atoms. The lowest BCUT2D eigenvalue weighted by Gasteiger charge is -2.17. The molecule has 0 saturated carbocycles. The van der Waals surface area contributed by atoms with E-state index in [1.54, 1.807) is 60.7 Å². The largest absolute Gasteiger partial charge is 0.350 e. The number of para-hydroxylation sites is 1. The normalized spacial score (nSPS) is 13.5. The van der Waals surface area contributed by atoms with Gasteiger partial charge in [-0.25, -0.2) is 4.90 Å². The fourth-order valence-corrected chi connectivity index (χ4v) is 3.67. The van der Waals surface area contributed by atoms with Crippen molar-refractivity contribution >= 4 is 58.0 Å². The summed E-state index contributed by atoms with van der Waals surface area (Å²) in [7, 11) is 0. The van der Waals surface area contributed by atoms with Crippen LogP contribution >= 0.6 is 23.2 Å². The standard InChI is InChI=1S/C24H17Cl2N3O3/c1-14-5-2-3-8-19(14)29-23(31)20(26)21(24(29)32)27-17-11-9-15(10-12-17)22(30)28-18-7-4-6-16(25)13-18/h2-13,27H,1H3,(H,28,30). The van der Waals surface area contributed by atoms with Crippen LogP contribution in [0.4, 0.5) is 17.1 Å². The molecule has 0 unspecified atom stereocenters. The van der Waals surface area contributed by atoms with E-state index in [0.717, 1.165) is 10.5 Å². The fraction of sp³-hybridized carbons (Fsp3) is 0.0417. The number of anilines is 3. The number of nitrogens with one attached hydrogen (secondary N) is 2. The Morgan fingerprint density at radius 3 is 2.25 bits per heavy atom. The number of carbonyl (C=O) groups is 3. The summed E-state index contributed by atoms with van der Waals surface area (Å²) in [5.74, 6) is -1.45. The minimum atomic E-state index is -0.592. The maximum absolute atomic E-state index is 12.9. The minimum Gasteiger partial charge on any atom is -0.350 e. The molecule has 4 rings (SSSR count). The Morgan fingerprint density at radius 2 is 1.56 bits per heavy atom. The van der Waals surface area contributed by atoms with Gasteiger partial charge in [0, 0.05) is 22.0 Å². The molecule has 2 N–H and O–H groups in total. The maximum Gasteiger partial charge on any atom is 0.283 e. The van der Waals surface area contributed by atoms with E-state index < -0.39 is 11.8 Å². The van der Waals surface area contributed by atoms with Gasteiger partial charge in [-0.2, -0.15) is 0 Å². The first-order chi connectivity index (χ1) is 15.3. The van der Waals surface area contributed by atoms with Crippen molar-refractivity contribution in [3.63, 3.8) is 0 Å². The van der Waals surface area contributed by atoms with Crippen molar-refractivity contribution in [1.82, 2.24) is 0 Å². The van der Waals surface area contributed by atoms with Crippen molar-refractivity contribution in [2.75, 3.05) is 15.5 Å². The van der Waals surface area contributed by atoms with Crippen molar-refractivity contribution < 1.29 is 14.4 Å². The molecule has 0 aliphatic carbocycles. The lowest BCUT2D eigenvalue weighted by Crippen LogP contribution is -2.32. The van der Waals surface area contributed by atoms with Gasteiger partial charge in [0.25, 0.3) is 17.7 Å². The van der Waals surface area contributed by atoms with Crippen molar-refractivity contribution in [3.8, 4) is 0 Å². The summed E-state index contributed by atoms with van der Waals surface area (Å²) in [5, 5.41) is 5.98. The zero-order valence-electron chi connectivity index (χ0n) is 16.9. The molecule has 0 aromatic heterocycles. The van der Waals surface area contributed by atoms with Gasteiger partial charge in [0.2, 0.25) is 0 Å². The van der Waals surface area contributed by atoms with Crippen LogP contribution in [0.5, 0.6) is 0 Å². The van der Waals surface area contributed by atoms with Gasteiger partial charge in [-0.15, -0.1) is 0 Å². The lowest BCUT2D eigenvalue weighted by molar-refractivity contribution is -0.120. The molecule has 6 nitrogen and oxygen atoms in total. The number of aryl methyl sites for hydroxylation is 1. The molecule has 8 heteroatoms. The Hall–Kier alpha value is -3.61. The van der Waals surface area contributed by atoms with Crippen LogP contribution < -0.4 is 15.5 Å².